The number of aryl methyl sites for hydroxylation is 1. The fourth-order valence-corrected chi connectivity index (χ4v) is 2.66. The monoisotopic (exact) mass is 279 g/mol. The normalized spacial score (nSPS) is 22.6. The van der Waals surface area contributed by atoms with Crippen molar-refractivity contribution in [1.29, 1.82) is 0 Å². The number of pyridine rings is 1. The number of aromatic nitrogens is 1. The van der Waals surface area contributed by atoms with Crippen LogP contribution in [0.3, 0.4) is 0 Å². The summed E-state index contributed by atoms with van der Waals surface area (Å²) in [6, 6.07) is 1.55. The molecule has 0 aliphatic carbocycles. The number of carbonyl (C=O) groups is 1. The van der Waals surface area contributed by atoms with Gasteiger partial charge in [-0.25, -0.2) is 4.98 Å². The minimum atomic E-state index is -0.759. The van der Waals surface area contributed by atoms with Crippen LogP contribution in [0.15, 0.2) is 12.3 Å². The summed E-state index contributed by atoms with van der Waals surface area (Å²) in [4.78, 5) is 27.5. The van der Waals surface area contributed by atoms with Gasteiger partial charge in [0.1, 0.15) is 12.0 Å². The van der Waals surface area contributed by atoms with Crippen LogP contribution in [0.4, 0.5) is 11.5 Å². The molecule has 1 aromatic heterocycles. The zero-order valence-electron chi connectivity index (χ0n) is 11.4. The van der Waals surface area contributed by atoms with Gasteiger partial charge in [0.2, 0.25) is 0 Å². The van der Waals surface area contributed by atoms with Crippen molar-refractivity contribution in [2.24, 2.45) is 5.92 Å². The maximum atomic E-state index is 11.0. The third kappa shape index (κ3) is 2.71. The molecule has 2 unspecified atom stereocenters. The van der Waals surface area contributed by atoms with Gasteiger partial charge in [-0.15, -0.1) is 0 Å². The lowest BCUT2D eigenvalue weighted by Crippen LogP contribution is -2.43. The first kappa shape index (κ1) is 14.2. The van der Waals surface area contributed by atoms with Gasteiger partial charge < -0.3 is 10.0 Å². The Kier molecular flexibility index (Phi) is 3.87. The van der Waals surface area contributed by atoms with Crippen LogP contribution < -0.4 is 4.90 Å². The number of carboxylic acid groups (broad SMARTS) is 1. The van der Waals surface area contributed by atoms with Crippen molar-refractivity contribution < 1.29 is 14.8 Å². The van der Waals surface area contributed by atoms with Crippen molar-refractivity contribution in [3.8, 4) is 0 Å². The van der Waals surface area contributed by atoms with Crippen LogP contribution in [0.2, 0.25) is 0 Å². The van der Waals surface area contributed by atoms with Crippen molar-refractivity contribution in [2.45, 2.75) is 32.7 Å². The van der Waals surface area contributed by atoms with Crippen LogP contribution in [-0.2, 0) is 4.79 Å². The van der Waals surface area contributed by atoms with Crippen molar-refractivity contribution >= 4 is 17.5 Å². The van der Waals surface area contributed by atoms with Gasteiger partial charge in [-0.2, -0.15) is 0 Å². The second-order valence-corrected chi connectivity index (χ2v) is 5.19. The van der Waals surface area contributed by atoms with Gasteiger partial charge in [-0.3, -0.25) is 14.9 Å². The molecule has 0 aromatic carbocycles. The molecule has 20 heavy (non-hydrogen) atoms. The summed E-state index contributed by atoms with van der Waals surface area (Å²) in [7, 11) is 0. The lowest BCUT2D eigenvalue weighted by molar-refractivity contribution is -0.385. The number of aliphatic carboxylic acids is 1. The maximum absolute atomic E-state index is 11.0. The molecule has 7 nitrogen and oxygen atoms in total. The molecule has 2 atom stereocenters. The van der Waals surface area contributed by atoms with Crippen LogP contribution >= 0.6 is 0 Å². The molecular weight excluding hydrogens is 262 g/mol. The van der Waals surface area contributed by atoms with E-state index in [2.05, 4.69) is 4.98 Å². The molecule has 0 spiro atoms. The Morgan fingerprint density at radius 3 is 2.80 bits per heavy atom. The minimum absolute atomic E-state index is 0.0284. The topological polar surface area (TPSA) is 96.6 Å². The molecule has 0 bridgehead atoms. The lowest BCUT2D eigenvalue weighted by Gasteiger charge is -2.37. The molecule has 7 heteroatoms. The Labute approximate surface area is 116 Å². The summed E-state index contributed by atoms with van der Waals surface area (Å²) in [5.41, 5.74) is 0.708. The number of nitro groups is 1. The van der Waals surface area contributed by atoms with Crippen LogP contribution in [-0.4, -0.2) is 33.6 Å². The Morgan fingerprint density at radius 1 is 1.60 bits per heavy atom. The summed E-state index contributed by atoms with van der Waals surface area (Å²) in [6.07, 6.45) is 2.38. The van der Waals surface area contributed by atoms with Crippen LogP contribution in [0.1, 0.15) is 25.3 Å². The molecule has 108 valence electrons. The average Bonchev–Trinajstić information content (AvgIpc) is 2.38. The van der Waals surface area contributed by atoms with Gasteiger partial charge in [0, 0.05) is 18.7 Å². The fraction of sp³-hybridized carbons (Fsp3) is 0.538. The minimum Gasteiger partial charge on any atom is -0.481 e. The Bertz CT molecular complexity index is 546. The number of nitrogens with zero attached hydrogens (tertiary/aromatic N) is 3. The number of rotatable bonds is 3. The Morgan fingerprint density at radius 2 is 2.30 bits per heavy atom. The number of carboxylic acids is 1. The third-order valence-electron chi connectivity index (χ3n) is 3.74. The zero-order valence-corrected chi connectivity index (χ0v) is 11.4. The number of anilines is 1. The summed E-state index contributed by atoms with van der Waals surface area (Å²) >= 11 is 0. The van der Waals surface area contributed by atoms with E-state index >= 15 is 0 Å². The van der Waals surface area contributed by atoms with Crippen LogP contribution in [0.25, 0.3) is 0 Å². The molecule has 0 radical (unpaired) electrons. The van der Waals surface area contributed by atoms with Crippen molar-refractivity contribution in [3.63, 3.8) is 0 Å². The molecule has 1 saturated heterocycles. The molecule has 2 heterocycles. The highest BCUT2D eigenvalue weighted by Crippen LogP contribution is 2.30. The van der Waals surface area contributed by atoms with Gasteiger partial charge >= 0.3 is 5.97 Å². The first-order valence-corrected chi connectivity index (χ1v) is 6.50. The molecule has 2 rings (SSSR count). The number of hydrogen-bond donors (Lipinski definition) is 1. The lowest BCUT2D eigenvalue weighted by atomic mass is 9.91. The number of piperidine rings is 1. The van der Waals surface area contributed by atoms with E-state index < -0.39 is 10.9 Å². The molecule has 1 aliphatic rings. The molecular formula is C13H17N3O4. The predicted octanol–water partition coefficient (Wildman–Crippen LogP) is 1.99. The summed E-state index contributed by atoms with van der Waals surface area (Å²) in [6.45, 7) is 4.34. The van der Waals surface area contributed by atoms with Crippen molar-refractivity contribution in [1.82, 2.24) is 4.98 Å². The molecule has 1 aromatic rings. The van der Waals surface area contributed by atoms with Gasteiger partial charge in [0.05, 0.1) is 10.8 Å². The second-order valence-electron chi connectivity index (χ2n) is 5.19. The molecule has 0 amide bonds. The van der Waals surface area contributed by atoms with E-state index in [9.17, 15) is 14.9 Å². The van der Waals surface area contributed by atoms with E-state index in [1.54, 1.807) is 6.92 Å². The first-order valence-electron chi connectivity index (χ1n) is 6.50. The van der Waals surface area contributed by atoms with E-state index in [0.717, 1.165) is 5.56 Å². The van der Waals surface area contributed by atoms with Gasteiger partial charge in [-0.05, 0) is 32.3 Å². The maximum Gasteiger partial charge on any atom is 0.306 e. The highest BCUT2D eigenvalue weighted by molar-refractivity contribution is 5.70. The van der Waals surface area contributed by atoms with E-state index in [1.165, 1.54) is 12.3 Å². The highest BCUT2D eigenvalue weighted by atomic mass is 16.6. The SMILES string of the molecule is Cc1cc([N+](=O)[O-])cnc1N1CCC(C(=O)O)CC1C. The fourth-order valence-electron chi connectivity index (χ4n) is 2.66. The van der Waals surface area contributed by atoms with Crippen molar-refractivity contribution in [3.05, 3.63) is 27.9 Å². The number of hydrogen-bond acceptors (Lipinski definition) is 5. The Hall–Kier alpha value is -2.18. The quantitative estimate of drug-likeness (QED) is 0.671. The summed E-state index contributed by atoms with van der Waals surface area (Å²) < 4.78 is 0. The van der Waals surface area contributed by atoms with E-state index in [-0.39, 0.29) is 17.6 Å². The van der Waals surface area contributed by atoms with Crippen LogP contribution in [0.5, 0.6) is 0 Å². The predicted molar refractivity (Wildman–Crippen MR) is 72.8 cm³/mol. The first-order chi connectivity index (χ1) is 9.40. The highest BCUT2D eigenvalue weighted by Gasteiger charge is 2.31. The van der Waals surface area contributed by atoms with Crippen molar-refractivity contribution in [2.75, 3.05) is 11.4 Å². The summed E-state index contributed by atoms with van der Waals surface area (Å²) in [5.74, 6) is -0.378. The third-order valence-corrected chi connectivity index (χ3v) is 3.74. The van der Waals surface area contributed by atoms with Gasteiger partial charge in [0.25, 0.3) is 5.69 Å². The van der Waals surface area contributed by atoms with E-state index in [0.29, 0.717) is 25.2 Å². The smallest absolute Gasteiger partial charge is 0.306 e. The van der Waals surface area contributed by atoms with E-state index in [1.807, 2.05) is 11.8 Å². The molecule has 0 saturated carbocycles. The van der Waals surface area contributed by atoms with Crippen LogP contribution in [0, 0.1) is 23.0 Å². The standard InChI is InChI=1S/C13H17N3O4/c1-8-5-11(16(19)20)7-14-12(8)15-4-3-10(13(17)18)6-9(15)2/h5,7,9-10H,3-4,6H2,1-2H3,(H,17,18). The van der Waals surface area contributed by atoms with Gasteiger partial charge in [-0.1, -0.05) is 0 Å². The van der Waals surface area contributed by atoms with Gasteiger partial charge in [0.15, 0.2) is 0 Å². The van der Waals surface area contributed by atoms with E-state index in [4.69, 9.17) is 5.11 Å². The Balaban J connectivity index is 2.20. The second kappa shape index (κ2) is 5.44. The average molecular weight is 279 g/mol. The molecule has 1 aliphatic heterocycles. The molecule has 1 N–H and O–H groups in total. The zero-order chi connectivity index (χ0) is 14.9. The summed E-state index contributed by atoms with van der Waals surface area (Å²) in [5, 5.41) is 19.8. The molecule has 1 fully saturated rings. The largest absolute Gasteiger partial charge is 0.481 e.